The van der Waals surface area contributed by atoms with Crippen LogP contribution in [0.25, 0.3) is 0 Å². The van der Waals surface area contributed by atoms with Crippen LogP contribution >= 0.6 is 0 Å². The van der Waals surface area contributed by atoms with E-state index in [0.717, 1.165) is 19.4 Å². The van der Waals surface area contributed by atoms with Gasteiger partial charge in [-0.2, -0.15) is 0 Å². The van der Waals surface area contributed by atoms with Crippen LogP contribution in [-0.2, 0) is 0 Å². The van der Waals surface area contributed by atoms with Crippen molar-refractivity contribution in [2.45, 2.75) is 18.9 Å². The van der Waals surface area contributed by atoms with Crippen molar-refractivity contribution < 1.29 is 9.18 Å². The summed E-state index contributed by atoms with van der Waals surface area (Å²) in [6.45, 7) is 1.38. The number of nitrogens with one attached hydrogen (secondary N) is 2. The summed E-state index contributed by atoms with van der Waals surface area (Å²) in [5, 5.41) is 5.78. The Bertz CT molecular complexity index is 424. The second-order valence-electron chi connectivity index (χ2n) is 4.48. The van der Waals surface area contributed by atoms with Crippen LogP contribution in [0.5, 0.6) is 0 Å². The van der Waals surface area contributed by atoms with E-state index in [2.05, 4.69) is 10.6 Å². The van der Waals surface area contributed by atoms with Gasteiger partial charge in [0.15, 0.2) is 0 Å². The molecule has 5 heteroatoms. The Morgan fingerprint density at radius 2 is 2.22 bits per heavy atom. The molecule has 1 saturated heterocycles. The van der Waals surface area contributed by atoms with Crippen molar-refractivity contribution in [3.63, 3.8) is 0 Å². The number of halogens is 1. The molecule has 0 radical (unpaired) electrons. The fourth-order valence-corrected chi connectivity index (χ4v) is 2.15. The average molecular weight is 251 g/mol. The molecular weight excluding hydrogens is 233 g/mol. The third-order valence-corrected chi connectivity index (χ3v) is 3.23. The number of carbonyl (C=O) groups is 1. The minimum Gasteiger partial charge on any atom is -0.323 e. The Morgan fingerprint density at radius 3 is 2.94 bits per heavy atom. The van der Waals surface area contributed by atoms with Crippen LogP contribution in [0.15, 0.2) is 24.3 Å². The van der Waals surface area contributed by atoms with Gasteiger partial charge >= 0.3 is 6.03 Å². The minimum absolute atomic E-state index is 0.231. The number of nitrogens with zero attached hydrogens (tertiary/aromatic N) is 1. The maximum atomic E-state index is 13.4. The standard InChI is InChI=1S/C13H18FN3O/c1-15-10-5-4-8-17(9-10)13(18)16-12-7-3-2-6-11(12)14/h2-3,6-7,10,15H,4-5,8-9H2,1H3,(H,16,18)/t10-/m0/s1. The number of para-hydroxylation sites is 1. The zero-order valence-electron chi connectivity index (χ0n) is 10.4. The molecule has 2 N–H and O–H groups in total. The van der Waals surface area contributed by atoms with Gasteiger partial charge in [0.25, 0.3) is 0 Å². The first-order valence-corrected chi connectivity index (χ1v) is 6.18. The summed E-state index contributed by atoms with van der Waals surface area (Å²) < 4.78 is 13.4. The number of hydrogen-bond acceptors (Lipinski definition) is 2. The van der Waals surface area contributed by atoms with Gasteiger partial charge in [-0.15, -0.1) is 0 Å². The molecule has 18 heavy (non-hydrogen) atoms. The fraction of sp³-hybridized carbons (Fsp3) is 0.462. The van der Waals surface area contributed by atoms with E-state index in [9.17, 15) is 9.18 Å². The number of amides is 2. The zero-order valence-corrected chi connectivity index (χ0v) is 10.4. The largest absolute Gasteiger partial charge is 0.323 e. The predicted molar refractivity (Wildman–Crippen MR) is 69.1 cm³/mol. The highest BCUT2D eigenvalue weighted by molar-refractivity contribution is 5.89. The molecule has 2 amide bonds. The number of likely N-dealkylation sites (N-methyl/N-ethyl adjacent to an activating group) is 1. The van der Waals surface area contributed by atoms with Crippen LogP contribution in [0.3, 0.4) is 0 Å². The van der Waals surface area contributed by atoms with Crippen molar-refractivity contribution in [1.82, 2.24) is 10.2 Å². The van der Waals surface area contributed by atoms with Gasteiger partial charge in [0.2, 0.25) is 0 Å². The second kappa shape index (κ2) is 5.82. The van der Waals surface area contributed by atoms with Gasteiger partial charge in [0, 0.05) is 19.1 Å². The van der Waals surface area contributed by atoms with Crippen molar-refractivity contribution in [2.75, 3.05) is 25.5 Å². The van der Waals surface area contributed by atoms with Crippen molar-refractivity contribution in [2.24, 2.45) is 0 Å². The molecule has 0 aromatic heterocycles. The second-order valence-corrected chi connectivity index (χ2v) is 4.48. The van der Waals surface area contributed by atoms with E-state index in [0.29, 0.717) is 12.6 Å². The van der Waals surface area contributed by atoms with E-state index in [4.69, 9.17) is 0 Å². The third-order valence-electron chi connectivity index (χ3n) is 3.23. The van der Waals surface area contributed by atoms with E-state index in [1.807, 2.05) is 7.05 Å². The molecule has 2 rings (SSSR count). The van der Waals surface area contributed by atoms with Crippen LogP contribution in [-0.4, -0.2) is 37.1 Å². The van der Waals surface area contributed by atoms with Crippen molar-refractivity contribution >= 4 is 11.7 Å². The summed E-state index contributed by atoms with van der Waals surface area (Å²) in [6.07, 6.45) is 2.04. The Labute approximate surface area is 106 Å². The van der Waals surface area contributed by atoms with E-state index in [1.54, 1.807) is 23.1 Å². The van der Waals surface area contributed by atoms with Gasteiger partial charge in [-0.25, -0.2) is 9.18 Å². The number of benzene rings is 1. The van der Waals surface area contributed by atoms with Gasteiger partial charge in [-0.05, 0) is 32.0 Å². The normalized spacial score (nSPS) is 19.7. The van der Waals surface area contributed by atoms with Gasteiger partial charge in [-0.3, -0.25) is 0 Å². The number of urea groups is 1. The van der Waals surface area contributed by atoms with Crippen molar-refractivity contribution in [3.05, 3.63) is 30.1 Å². The summed E-state index contributed by atoms with van der Waals surface area (Å²) in [6, 6.07) is 6.29. The Balaban J connectivity index is 1.97. The molecule has 0 spiro atoms. The minimum atomic E-state index is -0.409. The maximum absolute atomic E-state index is 13.4. The molecule has 4 nitrogen and oxygen atoms in total. The molecule has 0 aliphatic carbocycles. The highest BCUT2D eigenvalue weighted by Gasteiger charge is 2.22. The first-order chi connectivity index (χ1) is 8.70. The van der Waals surface area contributed by atoms with Gasteiger partial charge in [-0.1, -0.05) is 12.1 Å². The smallest absolute Gasteiger partial charge is 0.321 e. The SMILES string of the molecule is CN[C@H]1CCCN(C(=O)Nc2ccccc2F)C1. The summed E-state index contributed by atoms with van der Waals surface area (Å²) in [5.74, 6) is -0.409. The molecule has 98 valence electrons. The molecule has 1 heterocycles. The van der Waals surface area contributed by atoms with Crippen molar-refractivity contribution in [1.29, 1.82) is 0 Å². The monoisotopic (exact) mass is 251 g/mol. The lowest BCUT2D eigenvalue weighted by atomic mass is 10.1. The van der Waals surface area contributed by atoms with Crippen molar-refractivity contribution in [3.8, 4) is 0 Å². The highest BCUT2D eigenvalue weighted by atomic mass is 19.1. The van der Waals surface area contributed by atoms with E-state index < -0.39 is 5.82 Å². The fourth-order valence-electron chi connectivity index (χ4n) is 2.15. The quantitative estimate of drug-likeness (QED) is 0.845. The van der Waals surface area contributed by atoms with Gasteiger partial charge in [0.05, 0.1) is 5.69 Å². The predicted octanol–water partition coefficient (Wildman–Crippen LogP) is 2.04. The lowest BCUT2D eigenvalue weighted by Crippen LogP contribution is -2.48. The van der Waals surface area contributed by atoms with Gasteiger partial charge < -0.3 is 15.5 Å². The molecule has 1 aliphatic rings. The molecule has 0 bridgehead atoms. The zero-order chi connectivity index (χ0) is 13.0. The number of likely N-dealkylation sites (tertiary alicyclic amines) is 1. The first kappa shape index (κ1) is 12.8. The number of anilines is 1. The Morgan fingerprint density at radius 1 is 1.44 bits per heavy atom. The lowest BCUT2D eigenvalue weighted by molar-refractivity contribution is 0.187. The first-order valence-electron chi connectivity index (χ1n) is 6.18. The molecular formula is C13H18FN3O. The third kappa shape index (κ3) is 2.98. The number of hydrogen-bond donors (Lipinski definition) is 2. The topological polar surface area (TPSA) is 44.4 Å². The molecule has 1 aliphatic heterocycles. The molecule has 1 fully saturated rings. The molecule has 1 aromatic carbocycles. The van der Waals surface area contributed by atoms with Crippen LogP contribution in [0.2, 0.25) is 0 Å². The number of rotatable bonds is 2. The van der Waals surface area contributed by atoms with Crippen LogP contribution in [0.1, 0.15) is 12.8 Å². The van der Waals surface area contributed by atoms with Crippen LogP contribution in [0, 0.1) is 5.82 Å². The summed E-state index contributed by atoms with van der Waals surface area (Å²) in [7, 11) is 1.89. The maximum Gasteiger partial charge on any atom is 0.321 e. The molecule has 0 saturated carbocycles. The molecule has 1 atom stereocenters. The van der Waals surface area contributed by atoms with Gasteiger partial charge in [0.1, 0.15) is 5.82 Å². The Hall–Kier alpha value is -1.62. The van der Waals surface area contributed by atoms with E-state index >= 15 is 0 Å². The summed E-state index contributed by atoms with van der Waals surface area (Å²) >= 11 is 0. The summed E-state index contributed by atoms with van der Waals surface area (Å²) in [5.41, 5.74) is 0.231. The Kier molecular flexibility index (Phi) is 4.15. The average Bonchev–Trinajstić information content (AvgIpc) is 2.41. The van der Waals surface area contributed by atoms with E-state index in [1.165, 1.54) is 6.07 Å². The lowest BCUT2D eigenvalue weighted by Gasteiger charge is -2.32. The molecule has 0 unspecified atom stereocenters. The highest BCUT2D eigenvalue weighted by Crippen LogP contribution is 2.15. The van der Waals surface area contributed by atoms with Crippen LogP contribution < -0.4 is 10.6 Å². The summed E-state index contributed by atoms with van der Waals surface area (Å²) in [4.78, 5) is 13.7. The van der Waals surface area contributed by atoms with E-state index in [-0.39, 0.29) is 11.7 Å². The number of carbonyl (C=O) groups excluding carboxylic acids is 1. The van der Waals surface area contributed by atoms with Crippen LogP contribution in [0.4, 0.5) is 14.9 Å². The molecule has 1 aromatic rings. The number of piperidine rings is 1.